The number of hydrogen-bond donors (Lipinski definition) is 3. The average Bonchev–Trinajstić information content (AvgIpc) is 2.73. The van der Waals surface area contributed by atoms with Gasteiger partial charge in [-0.25, -0.2) is 0 Å². The third-order valence-corrected chi connectivity index (χ3v) is 2.47. The topological polar surface area (TPSA) is 93.6 Å². The van der Waals surface area contributed by atoms with Gasteiger partial charge < -0.3 is 11.5 Å². The fourth-order valence-corrected chi connectivity index (χ4v) is 1.58. The Hall–Kier alpha value is -1.88. The van der Waals surface area contributed by atoms with Crippen molar-refractivity contribution in [2.45, 2.75) is 18.9 Å². The summed E-state index contributed by atoms with van der Waals surface area (Å²) in [6.07, 6.45) is 1.57. The molecule has 5 N–H and O–H groups in total. The zero-order chi connectivity index (χ0) is 11.4. The Morgan fingerprint density at radius 2 is 2.00 bits per heavy atom. The number of aryl methyl sites for hydroxylation is 1. The molecule has 0 saturated heterocycles. The largest absolute Gasteiger partial charge is 0.367 e. The Morgan fingerprint density at radius 3 is 2.62 bits per heavy atom. The molecule has 1 heterocycles. The summed E-state index contributed by atoms with van der Waals surface area (Å²) in [6, 6.07) is 10.0. The third kappa shape index (κ3) is 2.58. The zero-order valence-electron chi connectivity index (χ0n) is 8.93. The molecule has 16 heavy (non-hydrogen) atoms. The Kier molecular flexibility index (Phi) is 3.16. The highest BCUT2D eigenvalue weighted by atomic mass is 15.3. The molecule has 84 valence electrons. The summed E-state index contributed by atoms with van der Waals surface area (Å²) in [5.41, 5.74) is 12.6. The highest BCUT2D eigenvalue weighted by Gasteiger charge is 2.07. The number of benzene rings is 1. The number of nitrogen functional groups attached to an aromatic ring is 1. The summed E-state index contributed by atoms with van der Waals surface area (Å²) in [5.74, 6) is 1.06. The zero-order valence-corrected chi connectivity index (χ0v) is 8.93. The molecule has 0 aliphatic carbocycles. The van der Waals surface area contributed by atoms with Crippen LogP contribution < -0.4 is 11.5 Å². The second-order valence-corrected chi connectivity index (χ2v) is 3.70. The van der Waals surface area contributed by atoms with E-state index in [1.54, 1.807) is 0 Å². The van der Waals surface area contributed by atoms with Crippen LogP contribution in [0.2, 0.25) is 0 Å². The Bertz CT molecular complexity index is 437. The van der Waals surface area contributed by atoms with E-state index in [2.05, 4.69) is 15.2 Å². The molecule has 1 aromatic heterocycles. The van der Waals surface area contributed by atoms with E-state index in [4.69, 9.17) is 11.5 Å². The van der Waals surface area contributed by atoms with Crippen LogP contribution in [0.4, 0.5) is 5.95 Å². The van der Waals surface area contributed by atoms with Crippen molar-refractivity contribution in [1.82, 2.24) is 15.2 Å². The summed E-state index contributed by atoms with van der Waals surface area (Å²) in [6.45, 7) is 0. The molecule has 2 aromatic rings. The lowest BCUT2D eigenvalue weighted by molar-refractivity contribution is 0.636. The van der Waals surface area contributed by atoms with Gasteiger partial charge in [-0.05, 0) is 12.0 Å². The minimum absolute atomic E-state index is 0.0209. The first-order valence-electron chi connectivity index (χ1n) is 5.23. The molecular weight excluding hydrogens is 202 g/mol. The van der Waals surface area contributed by atoms with Gasteiger partial charge >= 0.3 is 0 Å². The molecule has 2 rings (SSSR count). The van der Waals surface area contributed by atoms with E-state index in [0.717, 1.165) is 24.2 Å². The van der Waals surface area contributed by atoms with Gasteiger partial charge in [0.15, 0.2) is 0 Å². The number of aromatic nitrogens is 3. The van der Waals surface area contributed by atoms with Crippen molar-refractivity contribution in [3.8, 4) is 0 Å². The van der Waals surface area contributed by atoms with Crippen LogP contribution in [0.3, 0.4) is 0 Å². The van der Waals surface area contributed by atoms with E-state index in [-0.39, 0.29) is 12.0 Å². The maximum atomic E-state index is 6.06. The number of nitrogens with two attached hydrogens (primary N) is 2. The highest BCUT2D eigenvalue weighted by Crippen LogP contribution is 2.15. The number of hydrogen-bond acceptors (Lipinski definition) is 4. The average molecular weight is 217 g/mol. The molecule has 5 heteroatoms. The molecular formula is C11H15N5. The van der Waals surface area contributed by atoms with Gasteiger partial charge in [-0.2, -0.15) is 4.98 Å². The quantitative estimate of drug-likeness (QED) is 0.712. The summed E-state index contributed by atoms with van der Waals surface area (Å²) >= 11 is 0. The number of nitrogens with one attached hydrogen (secondary N) is 1. The monoisotopic (exact) mass is 217 g/mol. The van der Waals surface area contributed by atoms with E-state index in [1.807, 2.05) is 30.3 Å². The van der Waals surface area contributed by atoms with Crippen LogP contribution in [0.15, 0.2) is 30.3 Å². The summed E-state index contributed by atoms with van der Waals surface area (Å²) in [5, 5.41) is 6.54. The molecule has 0 spiro atoms. The van der Waals surface area contributed by atoms with Crippen LogP contribution in [0.1, 0.15) is 23.9 Å². The number of H-pyrrole nitrogens is 1. The summed E-state index contributed by atoms with van der Waals surface area (Å²) in [4.78, 5) is 4.03. The lowest BCUT2D eigenvalue weighted by atomic mass is 10.0. The molecule has 0 aliphatic rings. The molecule has 0 bridgehead atoms. The van der Waals surface area contributed by atoms with E-state index < -0.39 is 0 Å². The molecule has 0 amide bonds. The maximum Gasteiger partial charge on any atom is 0.239 e. The first-order chi connectivity index (χ1) is 7.75. The number of anilines is 1. The van der Waals surface area contributed by atoms with Gasteiger partial charge in [-0.3, -0.25) is 5.10 Å². The Morgan fingerprint density at radius 1 is 1.25 bits per heavy atom. The SMILES string of the molecule is Nc1n[nH]c(CCC(N)c2ccccc2)n1. The van der Waals surface area contributed by atoms with E-state index in [9.17, 15) is 0 Å². The first kappa shape index (κ1) is 10.6. The van der Waals surface area contributed by atoms with Gasteiger partial charge in [0.2, 0.25) is 5.95 Å². The van der Waals surface area contributed by atoms with Crippen LogP contribution in [0, 0.1) is 0 Å². The maximum absolute atomic E-state index is 6.06. The van der Waals surface area contributed by atoms with Gasteiger partial charge in [0.25, 0.3) is 0 Å². The normalized spacial score (nSPS) is 12.6. The first-order valence-corrected chi connectivity index (χ1v) is 5.23. The predicted octanol–water partition coefficient (Wildman–Crippen LogP) is 1.02. The van der Waals surface area contributed by atoms with Crippen LogP contribution in [-0.4, -0.2) is 15.2 Å². The minimum Gasteiger partial charge on any atom is -0.367 e. The molecule has 5 nitrogen and oxygen atoms in total. The molecule has 0 saturated carbocycles. The predicted molar refractivity (Wildman–Crippen MR) is 62.5 cm³/mol. The fraction of sp³-hybridized carbons (Fsp3) is 0.273. The lowest BCUT2D eigenvalue weighted by Crippen LogP contribution is -2.11. The van der Waals surface area contributed by atoms with Crippen molar-refractivity contribution in [2.75, 3.05) is 5.73 Å². The van der Waals surface area contributed by atoms with Crippen molar-refractivity contribution in [3.05, 3.63) is 41.7 Å². The Labute approximate surface area is 93.9 Å². The molecule has 0 radical (unpaired) electrons. The fourth-order valence-electron chi connectivity index (χ4n) is 1.58. The van der Waals surface area contributed by atoms with Crippen LogP contribution in [-0.2, 0) is 6.42 Å². The van der Waals surface area contributed by atoms with Gasteiger partial charge in [-0.15, -0.1) is 5.10 Å². The van der Waals surface area contributed by atoms with E-state index >= 15 is 0 Å². The molecule has 1 unspecified atom stereocenters. The van der Waals surface area contributed by atoms with Crippen LogP contribution in [0.5, 0.6) is 0 Å². The van der Waals surface area contributed by atoms with E-state index in [1.165, 1.54) is 0 Å². The van der Waals surface area contributed by atoms with Crippen LogP contribution in [0.25, 0.3) is 0 Å². The molecule has 1 atom stereocenters. The van der Waals surface area contributed by atoms with Gasteiger partial charge in [0.1, 0.15) is 5.82 Å². The second kappa shape index (κ2) is 4.76. The third-order valence-electron chi connectivity index (χ3n) is 2.47. The molecule has 0 aliphatic heterocycles. The van der Waals surface area contributed by atoms with Crippen molar-refractivity contribution in [1.29, 1.82) is 0 Å². The molecule has 1 aromatic carbocycles. The smallest absolute Gasteiger partial charge is 0.239 e. The lowest BCUT2D eigenvalue weighted by Gasteiger charge is -2.10. The summed E-state index contributed by atoms with van der Waals surface area (Å²) < 4.78 is 0. The minimum atomic E-state index is 0.0209. The van der Waals surface area contributed by atoms with Crippen molar-refractivity contribution in [3.63, 3.8) is 0 Å². The number of nitrogens with zero attached hydrogens (tertiary/aromatic N) is 2. The van der Waals surface area contributed by atoms with Crippen molar-refractivity contribution in [2.24, 2.45) is 5.73 Å². The number of rotatable bonds is 4. The van der Waals surface area contributed by atoms with E-state index in [0.29, 0.717) is 0 Å². The van der Waals surface area contributed by atoms with Gasteiger partial charge in [0, 0.05) is 12.5 Å². The van der Waals surface area contributed by atoms with Gasteiger partial charge in [0.05, 0.1) is 0 Å². The van der Waals surface area contributed by atoms with Gasteiger partial charge in [-0.1, -0.05) is 30.3 Å². The number of aromatic amines is 1. The highest BCUT2D eigenvalue weighted by molar-refractivity contribution is 5.18. The van der Waals surface area contributed by atoms with Crippen LogP contribution >= 0.6 is 0 Å². The molecule has 0 fully saturated rings. The van der Waals surface area contributed by atoms with Crippen molar-refractivity contribution < 1.29 is 0 Å². The van der Waals surface area contributed by atoms with Crippen molar-refractivity contribution >= 4 is 5.95 Å². The second-order valence-electron chi connectivity index (χ2n) is 3.70. The summed E-state index contributed by atoms with van der Waals surface area (Å²) in [7, 11) is 0. The standard InChI is InChI=1S/C11H15N5/c12-9(8-4-2-1-3-5-8)6-7-10-14-11(13)16-15-10/h1-5,9H,6-7,12H2,(H3,13,14,15,16). The Balaban J connectivity index is 1.91.